The molecule has 6 nitrogen and oxygen atoms in total. The fourth-order valence-corrected chi connectivity index (χ4v) is 2.72. The Morgan fingerprint density at radius 2 is 1.96 bits per heavy atom. The normalized spacial score (nSPS) is 17.4. The summed E-state index contributed by atoms with van der Waals surface area (Å²) < 4.78 is 5.32. The second-order valence-electron chi connectivity index (χ2n) is 6.11. The van der Waals surface area contributed by atoms with Gasteiger partial charge in [-0.25, -0.2) is 0 Å². The Labute approximate surface area is 139 Å². The molecule has 2 rings (SSSR count). The van der Waals surface area contributed by atoms with Crippen LogP contribution in [0.4, 0.5) is 0 Å². The van der Waals surface area contributed by atoms with E-state index in [9.17, 15) is 0 Å². The molecule has 1 fully saturated rings. The van der Waals surface area contributed by atoms with Gasteiger partial charge >= 0.3 is 0 Å². The first kappa shape index (κ1) is 17.8. The van der Waals surface area contributed by atoms with Crippen molar-refractivity contribution in [1.29, 1.82) is 0 Å². The highest BCUT2D eigenvalue weighted by Gasteiger charge is 2.12. The van der Waals surface area contributed by atoms with Gasteiger partial charge in [0.05, 0.1) is 6.26 Å². The van der Waals surface area contributed by atoms with Crippen LogP contribution in [-0.2, 0) is 6.42 Å². The van der Waals surface area contributed by atoms with E-state index in [4.69, 9.17) is 4.42 Å². The van der Waals surface area contributed by atoms with Gasteiger partial charge in [-0.3, -0.25) is 4.99 Å². The number of guanidine groups is 1. The number of nitrogens with one attached hydrogen (secondary N) is 2. The Balaban J connectivity index is 1.48. The van der Waals surface area contributed by atoms with Crippen LogP contribution in [0.25, 0.3) is 0 Å². The minimum absolute atomic E-state index is 0.828. The van der Waals surface area contributed by atoms with Crippen molar-refractivity contribution in [1.82, 2.24) is 20.4 Å². The molecule has 0 saturated carbocycles. The van der Waals surface area contributed by atoms with Crippen LogP contribution >= 0.6 is 0 Å². The molecule has 130 valence electrons. The van der Waals surface area contributed by atoms with E-state index in [1.165, 1.54) is 45.6 Å². The monoisotopic (exact) mass is 321 g/mol. The van der Waals surface area contributed by atoms with E-state index in [0.29, 0.717) is 0 Å². The first-order chi connectivity index (χ1) is 11.3. The Morgan fingerprint density at radius 1 is 1.17 bits per heavy atom. The number of unbranched alkanes of at least 4 members (excludes halogenated alkanes) is 1. The van der Waals surface area contributed by atoms with Gasteiger partial charge < -0.3 is 24.9 Å². The number of hydrogen-bond acceptors (Lipinski definition) is 4. The molecular formula is C17H31N5O. The third-order valence-corrected chi connectivity index (χ3v) is 4.26. The maximum absolute atomic E-state index is 5.32. The lowest BCUT2D eigenvalue weighted by molar-refractivity contribution is 0.152. The average molecular weight is 321 g/mol. The molecule has 0 unspecified atom stereocenters. The number of hydrogen-bond donors (Lipinski definition) is 2. The highest BCUT2D eigenvalue weighted by atomic mass is 16.3. The van der Waals surface area contributed by atoms with Crippen molar-refractivity contribution >= 4 is 5.96 Å². The minimum atomic E-state index is 0.828. The summed E-state index contributed by atoms with van der Waals surface area (Å²) in [5.41, 5.74) is 0. The first-order valence-corrected chi connectivity index (χ1v) is 8.66. The number of nitrogens with zero attached hydrogens (tertiary/aromatic N) is 3. The van der Waals surface area contributed by atoms with E-state index < -0.39 is 0 Å². The van der Waals surface area contributed by atoms with Crippen LogP contribution in [0.3, 0.4) is 0 Å². The summed E-state index contributed by atoms with van der Waals surface area (Å²) in [7, 11) is 4.01. The molecule has 0 aliphatic carbocycles. The Kier molecular flexibility index (Phi) is 7.97. The van der Waals surface area contributed by atoms with Crippen molar-refractivity contribution in [3.63, 3.8) is 0 Å². The topological polar surface area (TPSA) is 56.0 Å². The van der Waals surface area contributed by atoms with Gasteiger partial charge in [0, 0.05) is 52.7 Å². The smallest absolute Gasteiger partial charge is 0.190 e. The predicted molar refractivity (Wildman–Crippen MR) is 94.9 cm³/mol. The number of piperazine rings is 1. The molecule has 23 heavy (non-hydrogen) atoms. The minimum Gasteiger partial charge on any atom is -0.469 e. The van der Waals surface area contributed by atoms with Crippen LogP contribution in [0.2, 0.25) is 0 Å². The molecule has 2 heterocycles. The molecule has 1 aliphatic rings. The zero-order valence-electron chi connectivity index (χ0n) is 14.6. The van der Waals surface area contributed by atoms with Gasteiger partial charge in [-0.05, 0) is 38.6 Å². The van der Waals surface area contributed by atoms with Crippen molar-refractivity contribution in [3.05, 3.63) is 24.2 Å². The molecule has 1 aromatic rings. The van der Waals surface area contributed by atoms with Gasteiger partial charge in [-0.2, -0.15) is 0 Å². The quantitative estimate of drug-likeness (QED) is 0.425. The number of aliphatic imine (C=N–C) groups is 1. The summed E-state index contributed by atoms with van der Waals surface area (Å²) in [6, 6.07) is 3.92. The molecule has 6 heteroatoms. The van der Waals surface area contributed by atoms with Gasteiger partial charge in [-0.15, -0.1) is 0 Å². The molecule has 0 amide bonds. The molecule has 0 spiro atoms. The standard InChI is InChI=1S/C17H31N5O/c1-18-17(20-9-7-16-6-5-15-23-16)19-8-3-4-10-22-13-11-21(2)12-14-22/h5-6,15H,3-4,7-14H2,1-2H3,(H2,18,19,20). The lowest BCUT2D eigenvalue weighted by Gasteiger charge is -2.32. The molecule has 1 aliphatic heterocycles. The van der Waals surface area contributed by atoms with Gasteiger partial charge in [-0.1, -0.05) is 0 Å². The molecule has 0 aromatic carbocycles. The maximum atomic E-state index is 5.32. The van der Waals surface area contributed by atoms with Gasteiger partial charge in [0.2, 0.25) is 0 Å². The Bertz CT molecular complexity index is 438. The first-order valence-electron chi connectivity index (χ1n) is 8.66. The SMILES string of the molecule is CN=C(NCCCCN1CCN(C)CC1)NCCc1ccco1. The molecule has 1 saturated heterocycles. The second-order valence-corrected chi connectivity index (χ2v) is 6.11. The molecular weight excluding hydrogens is 290 g/mol. The van der Waals surface area contributed by atoms with Crippen LogP contribution in [-0.4, -0.2) is 75.7 Å². The lowest BCUT2D eigenvalue weighted by atomic mass is 10.2. The summed E-state index contributed by atoms with van der Waals surface area (Å²) in [6.45, 7) is 7.82. The van der Waals surface area contributed by atoms with Crippen molar-refractivity contribution in [2.75, 3.05) is 59.9 Å². The highest BCUT2D eigenvalue weighted by Crippen LogP contribution is 2.01. The van der Waals surface area contributed by atoms with Gasteiger partial charge in [0.15, 0.2) is 5.96 Å². The molecule has 0 atom stereocenters. The van der Waals surface area contributed by atoms with Crippen LogP contribution in [0, 0.1) is 0 Å². The van der Waals surface area contributed by atoms with Crippen LogP contribution in [0.15, 0.2) is 27.8 Å². The van der Waals surface area contributed by atoms with Gasteiger partial charge in [0.1, 0.15) is 5.76 Å². The van der Waals surface area contributed by atoms with Crippen molar-refractivity contribution in [3.8, 4) is 0 Å². The second kappa shape index (κ2) is 10.3. The fraction of sp³-hybridized carbons (Fsp3) is 0.706. The number of likely N-dealkylation sites (N-methyl/N-ethyl adjacent to an activating group) is 1. The third kappa shape index (κ3) is 7.05. The third-order valence-electron chi connectivity index (χ3n) is 4.26. The number of rotatable bonds is 8. The maximum Gasteiger partial charge on any atom is 0.190 e. The fourth-order valence-electron chi connectivity index (χ4n) is 2.72. The van der Waals surface area contributed by atoms with E-state index in [-0.39, 0.29) is 0 Å². The van der Waals surface area contributed by atoms with Gasteiger partial charge in [0.25, 0.3) is 0 Å². The van der Waals surface area contributed by atoms with Crippen LogP contribution < -0.4 is 10.6 Å². The summed E-state index contributed by atoms with van der Waals surface area (Å²) in [5.74, 6) is 1.87. The highest BCUT2D eigenvalue weighted by molar-refractivity contribution is 5.79. The van der Waals surface area contributed by atoms with E-state index in [1.54, 1.807) is 6.26 Å². The summed E-state index contributed by atoms with van der Waals surface area (Å²) >= 11 is 0. The van der Waals surface area contributed by atoms with E-state index in [1.807, 2.05) is 19.2 Å². The zero-order chi connectivity index (χ0) is 16.3. The van der Waals surface area contributed by atoms with Crippen LogP contribution in [0.5, 0.6) is 0 Å². The molecule has 2 N–H and O–H groups in total. The predicted octanol–water partition coefficient (Wildman–Crippen LogP) is 1.01. The average Bonchev–Trinajstić information content (AvgIpc) is 3.08. The molecule has 1 aromatic heterocycles. The lowest BCUT2D eigenvalue weighted by Crippen LogP contribution is -2.44. The molecule has 0 bridgehead atoms. The van der Waals surface area contributed by atoms with E-state index in [2.05, 4.69) is 32.5 Å². The summed E-state index contributed by atoms with van der Waals surface area (Å²) in [6.07, 6.45) is 4.99. The molecule has 0 radical (unpaired) electrons. The van der Waals surface area contributed by atoms with Crippen molar-refractivity contribution in [2.24, 2.45) is 4.99 Å². The van der Waals surface area contributed by atoms with E-state index >= 15 is 0 Å². The summed E-state index contributed by atoms with van der Waals surface area (Å²) in [5, 5.41) is 6.69. The van der Waals surface area contributed by atoms with Crippen LogP contribution in [0.1, 0.15) is 18.6 Å². The summed E-state index contributed by atoms with van der Waals surface area (Å²) in [4.78, 5) is 9.22. The Hall–Kier alpha value is -1.53. The number of furan rings is 1. The van der Waals surface area contributed by atoms with Crippen molar-refractivity contribution in [2.45, 2.75) is 19.3 Å². The Morgan fingerprint density at radius 3 is 2.65 bits per heavy atom. The zero-order valence-corrected chi connectivity index (χ0v) is 14.6. The van der Waals surface area contributed by atoms with Crippen molar-refractivity contribution < 1.29 is 4.42 Å². The van der Waals surface area contributed by atoms with E-state index in [0.717, 1.165) is 31.2 Å². The largest absolute Gasteiger partial charge is 0.469 e.